The van der Waals surface area contributed by atoms with E-state index in [1.54, 1.807) is 0 Å². The number of carbonyl (C=O) groups excluding carboxylic acids is 1. The number of carbonyl (C=O) groups is 1. The summed E-state index contributed by atoms with van der Waals surface area (Å²) in [7, 11) is -4.09. The van der Waals surface area contributed by atoms with Crippen molar-refractivity contribution in [2.75, 3.05) is 25.1 Å². The second kappa shape index (κ2) is 11.7. The van der Waals surface area contributed by atoms with Gasteiger partial charge in [0.25, 0.3) is 5.91 Å². The molecule has 0 radical (unpaired) electrons. The predicted molar refractivity (Wildman–Crippen MR) is 139 cm³/mol. The molecule has 1 amide bonds. The quantitative estimate of drug-likeness (QED) is 0.214. The van der Waals surface area contributed by atoms with Crippen molar-refractivity contribution >= 4 is 50.2 Å². The summed E-state index contributed by atoms with van der Waals surface area (Å²) in [5.41, 5.74) is -4.39. The molecular formula is C23H18ClF6N5O5S2. The Bertz CT molecular complexity index is 1750. The van der Waals surface area contributed by atoms with Crippen LogP contribution in [0.5, 0.6) is 5.75 Å². The lowest BCUT2D eigenvalue weighted by molar-refractivity contribution is -0.142. The number of ether oxygens (including phenoxy) is 1. The Labute approximate surface area is 241 Å². The van der Waals surface area contributed by atoms with Crippen LogP contribution in [0.15, 0.2) is 40.7 Å². The fourth-order valence-electron chi connectivity index (χ4n) is 3.67. The standard InChI is InChI=1S/C23H18ClF6N5O5S2/c1-2-40-16-7-11(3-4-13(16)22(25,26)27)14-8-17(23(28,29)30)35-20(33-14)12(10-31-35)21(37)34-15-9-18(41-19(15)24)42(38,39)32-5-6-36/h3-4,7-10,32,36H,2,5-6H2,1H3,(H,34,37). The van der Waals surface area contributed by atoms with Crippen molar-refractivity contribution in [2.45, 2.75) is 23.5 Å². The van der Waals surface area contributed by atoms with Crippen LogP contribution in [0.2, 0.25) is 4.34 Å². The Morgan fingerprint density at radius 3 is 2.48 bits per heavy atom. The molecular weight excluding hydrogens is 640 g/mol. The number of aliphatic hydroxyl groups excluding tert-OH is 1. The minimum absolute atomic E-state index is 0.161. The first kappa shape index (κ1) is 31.5. The summed E-state index contributed by atoms with van der Waals surface area (Å²) < 4.78 is 114. The van der Waals surface area contributed by atoms with Crippen molar-refractivity contribution in [3.63, 3.8) is 0 Å². The van der Waals surface area contributed by atoms with E-state index in [0.717, 1.165) is 24.4 Å². The smallest absolute Gasteiger partial charge is 0.433 e. The molecule has 0 bridgehead atoms. The average molecular weight is 658 g/mol. The first-order valence-corrected chi connectivity index (χ1v) is 14.3. The van der Waals surface area contributed by atoms with Gasteiger partial charge in [0.15, 0.2) is 11.3 Å². The summed E-state index contributed by atoms with van der Waals surface area (Å²) in [6.45, 7) is 0.499. The Kier molecular flexibility index (Phi) is 8.75. The number of hydrogen-bond acceptors (Lipinski definition) is 8. The van der Waals surface area contributed by atoms with Crippen molar-refractivity contribution in [1.29, 1.82) is 0 Å². The van der Waals surface area contributed by atoms with Crippen LogP contribution in [0.3, 0.4) is 0 Å². The molecule has 4 rings (SSSR count). The van der Waals surface area contributed by atoms with Gasteiger partial charge in [-0.1, -0.05) is 17.7 Å². The number of benzene rings is 1. The highest BCUT2D eigenvalue weighted by Gasteiger charge is 2.37. The third-order valence-electron chi connectivity index (χ3n) is 5.47. The molecule has 3 N–H and O–H groups in total. The van der Waals surface area contributed by atoms with E-state index in [4.69, 9.17) is 21.4 Å². The van der Waals surface area contributed by atoms with Gasteiger partial charge < -0.3 is 15.2 Å². The lowest BCUT2D eigenvalue weighted by Crippen LogP contribution is -2.25. The summed E-state index contributed by atoms with van der Waals surface area (Å²) in [4.78, 5) is 17.2. The second-order valence-corrected chi connectivity index (χ2v) is 11.9. The van der Waals surface area contributed by atoms with E-state index in [-0.39, 0.29) is 32.9 Å². The molecule has 42 heavy (non-hydrogen) atoms. The summed E-state index contributed by atoms with van der Waals surface area (Å²) in [6.07, 6.45) is -9.03. The summed E-state index contributed by atoms with van der Waals surface area (Å²) in [5.74, 6) is -1.69. The van der Waals surface area contributed by atoms with Crippen LogP contribution in [0.25, 0.3) is 16.9 Å². The number of rotatable bonds is 9. The Balaban J connectivity index is 1.79. The van der Waals surface area contributed by atoms with Crippen LogP contribution in [-0.2, 0) is 22.4 Å². The Morgan fingerprint density at radius 2 is 1.86 bits per heavy atom. The van der Waals surface area contributed by atoms with Crippen molar-refractivity contribution < 1.29 is 49.4 Å². The van der Waals surface area contributed by atoms with Crippen molar-refractivity contribution in [3.8, 4) is 17.0 Å². The number of fused-ring (bicyclic) bond motifs is 1. The summed E-state index contributed by atoms with van der Waals surface area (Å²) in [5, 5.41) is 14.8. The number of alkyl halides is 6. The first-order valence-electron chi connectivity index (χ1n) is 11.6. The maximum Gasteiger partial charge on any atom is 0.433 e. The van der Waals surface area contributed by atoms with Crippen LogP contribution in [0, 0.1) is 0 Å². The molecule has 0 saturated carbocycles. The number of halogens is 7. The van der Waals surface area contributed by atoms with E-state index in [9.17, 15) is 39.6 Å². The number of hydrogen-bond donors (Lipinski definition) is 3. The Morgan fingerprint density at radius 1 is 1.14 bits per heavy atom. The van der Waals surface area contributed by atoms with E-state index in [2.05, 4.69) is 20.1 Å². The summed E-state index contributed by atoms with van der Waals surface area (Å²) in [6, 6.07) is 4.01. The van der Waals surface area contributed by atoms with E-state index < -0.39 is 68.8 Å². The molecule has 226 valence electrons. The molecule has 19 heteroatoms. The van der Waals surface area contributed by atoms with Gasteiger partial charge in [0.2, 0.25) is 10.0 Å². The molecule has 3 heterocycles. The zero-order valence-corrected chi connectivity index (χ0v) is 23.4. The van der Waals surface area contributed by atoms with Crippen LogP contribution >= 0.6 is 22.9 Å². The average Bonchev–Trinajstić information content (AvgIpc) is 3.49. The van der Waals surface area contributed by atoms with Gasteiger partial charge in [-0.2, -0.15) is 31.4 Å². The van der Waals surface area contributed by atoms with Crippen LogP contribution in [-0.4, -0.2) is 53.8 Å². The number of sulfonamides is 1. The zero-order valence-electron chi connectivity index (χ0n) is 21.0. The van der Waals surface area contributed by atoms with Gasteiger partial charge in [-0.3, -0.25) is 4.79 Å². The number of anilines is 1. The molecule has 4 aromatic rings. The van der Waals surface area contributed by atoms with Gasteiger partial charge in [0.05, 0.1) is 36.4 Å². The predicted octanol–water partition coefficient (Wildman–Crippen LogP) is 5.07. The molecule has 0 unspecified atom stereocenters. The normalized spacial score (nSPS) is 12.6. The topological polar surface area (TPSA) is 135 Å². The minimum atomic E-state index is -5.02. The number of nitrogens with zero attached hydrogens (tertiary/aromatic N) is 3. The van der Waals surface area contributed by atoms with Crippen LogP contribution in [0.4, 0.5) is 32.0 Å². The van der Waals surface area contributed by atoms with Gasteiger partial charge in [0, 0.05) is 12.1 Å². The molecule has 0 atom stereocenters. The van der Waals surface area contributed by atoms with E-state index in [0.29, 0.717) is 28.0 Å². The number of nitrogens with one attached hydrogen (secondary N) is 2. The highest BCUT2D eigenvalue weighted by molar-refractivity contribution is 7.91. The molecule has 10 nitrogen and oxygen atoms in total. The third kappa shape index (κ3) is 6.46. The van der Waals surface area contributed by atoms with Gasteiger partial charge in [-0.05, 0) is 31.2 Å². The largest absolute Gasteiger partial charge is 0.493 e. The number of aliphatic hydroxyl groups is 1. The molecule has 0 fully saturated rings. The van der Waals surface area contributed by atoms with Crippen molar-refractivity contribution in [1.82, 2.24) is 19.3 Å². The maximum absolute atomic E-state index is 14.0. The number of amides is 1. The van der Waals surface area contributed by atoms with Gasteiger partial charge in [-0.15, -0.1) is 11.3 Å². The van der Waals surface area contributed by atoms with E-state index in [1.165, 1.54) is 6.92 Å². The van der Waals surface area contributed by atoms with Crippen molar-refractivity contribution in [2.24, 2.45) is 0 Å². The molecule has 0 aliphatic rings. The van der Waals surface area contributed by atoms with Gasteiger partial charge >= 0.3 is 12.4 Å². The maximum atomic E-state index is 14.0. The lowest BCUT2D eigenvalue weighted by Gasteiger charge is -2.15. The SMILES string of the molecule is CCOc1cc(-c2cc(C(F)(F)F)n3ncc(C(=O)Nc4cc(S(=O)(=O)NCCO)sc4Cl)c3n2)ccc1C(F)(F)F. The van der Waals surface area contributed by atoms with E-state index >= 15 is 0 Å². The fraction of sp³-hybridized carbons (Fsp3) is 0.261. The molecule has 0 aliphatic heterocycles. The molecule has 0 spiro atoms. The fourth-order valence-corrected chi connectivity index (χ4v) is 6.37. The van der Waals surface area contributed by atoms with Crippen LogP contribution < -0.4 is 14.8 Å². The van der Waals surface area contributed by atoms with Crippen molar-refractivity contribution in [3.05, 3.63) is 57.7 Å². The number of thiophene rings is 1. The van der Waals surface area contributed by atoms with Crippen LogP contribution in [0.1, 0.15) is 28.5 Å². The third-order valence-corrected chi connectivity index (χ3v) is 8.76. The molecule has 3 aromatic heterocycles. The monoisotopic (exact) mass is 657 g/mol. The zero-order chi connectivity index (χ0) is 31.0. The summed E-state index contributed by atoms with van der Waals surface area (Å²) >= 11 is 6.64. The molecule has 0 saturated heterocycles. The highest BCUT2D eigenvalue weighted by atomic mass is 35.5. The van der Waals surface area contributed by atoms with Gasteiger partial charge in [0.1, 0.15) is 19.9 Å². The molecule has 1 aromatic carbocycles. The van der Waals surface area contributed by atoms with E-state index in [1.807, 2.05) is 0 Å². The minimum Gasteiger partial charge on any atom is -0.493 e. The lowest BCUT2D eigenvalue weighted by atomic mass is 10.1. The second-order valence-electron chi connectivity index (χ2n) is 8.29. The highest BCUT2D eigenvalue weighted by Crippen LogP contribution is 2.40. The number of aromatic nitrogens is 3. The Hall–Kier alpha value is -3.45. The first-order chi connectivity index (χ1) is 19.6. The van der Waals surface area contributed by atoms with Gasteiger partial charge in [-0.25, -0.2) is 22.6 Å². The molecule has 0 aliphatic carbocycles.